The average molecular weight is 618 g/mol. The molecule has 0 fully saturated rings. The number of rotatable bonds is 11. The summed E-state index contributed by atoms with van der Waals surface area (Å²) in [6.07, 6.45) is -0.363. The monoisotopic (exact) mass is 617 g/mol. The zero-order valence-electron chi connectivity index (χ0n) is 23.5. The Morgan fingerprint density at radius 1 is 1.05 bits per heavy atom. The first kappa shape index (κ1) is 29.0. The van der Waals surface area contributed by atoms with Crippen LogP contribution in [-0.2, 0) is 25.9 Å². The molecular weight excluding hydrogens is 587 g/mol. The second-order valence-electron chi connectivity index (χ2n) is 10.5. The van der Waals surface area contributed by atoms with Crippen molar-refractivity contribution < 1.29 is 27.8 Å². The number of nitrogens with zero attached hydrogens (tertiary/aromatic N) is 3. The third-order valence-electron chi connectivity index (χ3n) is 7.60. The van der Waals surface area contributed by atoms with Crippen LogP contribution in [-0.4, -0.2) is 54.8 Å². The summed E-state index contributed by atoms with van der Waals surface area (Å²) in [6, 6.07) is 22.9. The van der Waals surface area contributed by atoms with E-state index in [0.717, 1.165) is 16.3 Å². The number of anilines is 1. The third kappa shape index (κ3) is 5.67. The lowest BCUT2D eigenvalue weighted by Crippen LogP contribution is -2.54. The molecule has 9 nitrogen and oxygen atoms in total. The van der Waals surface area contributed by atoms with Crippen molar-refractivity contribution in [2.45, 2.75) is 42.8 Å². The molecule has 1 aromatic heterocycles. The molecule has 0 unspecified atom stereocenters. The van der Waals surface area contributed by atoms with E-state index in [9.17, 15) is 13.2 Å². The maximum atomic E-state index is 14.6. The van der Waals surface area contributed by atoms with Gasteiger partial charge in [0.2, 0.25) is 5.90 Å². The lowest BCUT2D eigenvalue weighted by molar-refractivity contribution is -0.127. The fourth-order valence-electron chi connectivity index (χ4n) is 5.46. The van der Waals surface area contributed by atoms with Gasteiger partial charge in [-0.05, 0) is 49.4 Å². The molecule has 4 aromatic rings. The number of ether oxygens (including phenoxy) is 2. The minimum absolute atomic E-state index is 0.0425. The molecule has 1 amide bonds. The molecule has 0 saturated carbocycles. The number of aromatic nitrogens is 1. The van der Waals surface area contributed by atoms with Gasteiger partial charge in [0.15, 0.2) is 21.5 Å². The Morgan fingerprint density at radius 3 is 2.51 bits per heavy atom. The van der Waals surface area contributed by atoms with Crippen LogP contribution >= 0.6 is 11.3 Å². The van der Waals surface area contributed by atoms with Crippen molar-refractivity contribution in [1.29, 1.82) is 0 Å². The van der Waals surface area contributed by atoms with Gasteiger partial charge in [-0.15, -0.1) is 11.3 Å². The first-order valence-electron chi connectivity index (χ1n) is 14.0. The van der Waals surface area contributed by atoms with Gasteiger partial charge in [0.25, 0.3) is 5.91 Å². The molecule has 11 heteroatoms. The number of aliphatic imine (C=N–C) groups is 1. The van der Waals surface area contributed by atoms with Gasteiger partial charge in [0.1, 0.15) is 5.75 Å². The molecule has 0 aliphatic carbocycles. The summed E-state index contributed by atoms with van der Waals surface area (Å²) in [5, 5.41) is 11.8. The highest BCUT2D eigenvalue weighted by molar-refractivity contribution is 7.91. The highest BCUT2D eigenvalue weighted by Crippen LogP contribution is 2.50. The van der Waals surface area contributed by atoms with Crippen molar-refractivity contribution >= 4 is 38.7 Å². The number of hydrogen-bond donors (Lipinski definition) is 1. The zero-order chi connectivity index (χ0) is 30.0. The lowest BCUT2D eigenvalue weighted by Gasteiger charge is -2.41. The van der Waals surface area contributed by atoms with E-state index in [1.165, 1.54) is 11.3 Å². The Balaban J connectivity index is 1.41. The van der Waals surface area contributed by atoms with Gasteiger partial charge >= 0.3 is 0 Å². The van der Waals surface area contributed by atoms with Gasteiger partial charge in [-0.2, -0.15) is 0 Å². The summed E-state index contributed by atoms with van der Waals surface area (Å²) < 4.78 is 39.0. The Bertz CT molecular complexity index is 1760. The summed E-state index contributed by atoms with van der Waals surface area (Å²) >= 11 is 1.51. The van der Waals surface area contributed by atoms with Gasteiger partial charge < -0.3 is 19.5 Å². The Hall–Kier alpha value is -4.06. The minimum atomic E-state index is -3.72. The fraction of sp³-hybridized carbons (Fsp3) is 0.281. The molecule has 0 radical (unpaired) electrons. The van der Waals surface area contributed by atoms with Crippen LogP contribution in [0.1, 0.15) is 40.8 Å². The van der Waals surface area contributed by atoms with E-state index in [2.05, 4.69) is 4.98 Å². The predicted molar refractivity (Wildman–Crippen MR) is 164 cm³/mol. The number of carbonyl (C=O) groups excluding carboxylic acids is 1. The maximum absolute atomic E-state index is 14.6. The van der Waals surface area contributed by atoms with Crippen LogP contribution in [0.25, 0.3) is 0 Å². The molecule has 2 atom stereocenters. The maximum Gasteiger partial charge on any atom is 0.259 e. The largest absolute Gasteiger partial charge is 0.494 e. The standard InChI is InChI=1S/C32H31N3O6S2/c1-22-33-24(21-42-22)20-35-28-11-6-5-10-27(28)29-32(31(35)37,16-19-43(38,39)26-8-3-2-4-9-26)34-30(41-29)23-12-14-25(15-13-23)40-18-7-17-36/h2-6,8-15,21,29,36H,7,16-20H2,1H3/t29-,32-/m0/s1. The van der Waals surface area contributed by atoms with E-state index in [1.807, 2.05) is 36.6 Å². The second-order valence-corrected chi connectivity index (χ2v) is 13.7. The number of para-hydroxylation sites is 1. The van der Waals surface area contributed by atoms with Gasteiger partial charge in [-0.3, -0.25) is 4.79 Å². The van der Waals surface area contributed by atoms with E-state index < -0.39 is 21.5 Å². The number of aliphatic hydroxyl groups is 1. The number of aryl methyl sites for hydroxylation is 1. The molecule has 0 saturated heterocycles. The van der Waals surface area contributed by atoms with Gasteiger partial charge in [-0.25, -0.2) is 18.4 Å². The first-order chi connectivity index (χ1) is 20.8. The van der Waals surface area contributed by atoms with Crippen molar-refractivity contribution in [3.63, 3.8) is 0 Å². The average Bonchev–Trinajstić information content (AvgIpc) is 3.63. The Kier molecular flexibility index (Phi) is 8.04. The normalized spacial score (nSPS) is 19.4. The lowest BCUT2D eigenvalue weighted by atomic mass is 9.80. The Morgan fingerprint density at radius 2 is 1.79 bits per heavy atom. The van der Waals surface area contributed by atoms with Crippen molar-refractivity contribution in [1.82, 2.24) is 4.98 Å². The van der Waals surface area contributed by atoms with E-state index >= 15 is 0 Å². The number of carbonyl (C=O) groups is 1. The minimum Gasteiger partial charge on any atom is -0.494 e. The van der Waals surface area contributed by atoms with E-state index in [-0.39, 0.29) is 42.0 Å². The van der Waals surface area contributed by atoms with Crippen molar-refractivity contribution in [2.75, 3.05) is 23.9 Å². The van der Waals surface area contributed by atoms with Gasteiger partial charge in [0, 0.05) is 36.0 Å². The smallest absolute Gasteiger partial charge is 0.259 e. The zero-order valence-corrected chi connectivity index (χ0v) is 25.2. The highest BCUT2D eigenvalue weighted by atomic mass is 32.2. The van der Waals surface area contributed by atoms with Crippen LogP contribution < -0.4 is 9.64 Å². The van der Waals surface area contributed by atoms with Crippen LogP contribution in [0.2, 0.25) is 0 Å². The number of amides is 1. The Labute approximate surface area is 254 Å². The molecule has 1 N–H and O–H groups in total. The molecule has 0 bridgehead atoms. The van der Waals surface area contributed by atoms with E-state index in [4.69, 9.17) is 19.6 Å². The van der Waals surface area contributed by atoms with Crippen molar-refractivity contribution in [3.05, 3.63) is 106 Å². The third-order valence-corrected chi connectivity index (χ3v) is 10.2. The summed E-state index contributed by atoms with van der Waals surface area (Å²) in [4.78, 5) is 26.0. The summed E-state index contributed by atoms with van der Waals surface area (Å²) in [5.41, 5.74) is 1.33. The summed E-state index contributed by atoms with van der Waals surface area (Å²) in [6.45, 7) is 2.57. The molecule has 3 aromatic carbocycles. The molecule has 0 spiro atoms. The first-order valence-corrected chi connectivity index (χ1v) is 16.5. The van der Waals surface area contributed by atoms with E-state index in [1.54, 1.807) is 59.5 Å². The predicted octanol–water partition coefficient (Wildman–Crippen LogP) is 4.88. The van der Waals surface area contributed by atoms with Crippen LogP contribution in [0.15, 0.2) is 94.1 Å². The van der Waals surface area contributed by atoms with Crippen LogP contribution in [0.5, 0.6) is 5.75 Å². The number of sulfone groups is 1. The number of hydrogen-bond acceptors (Lipinski definition) is 9. The number of fused-ring (bicyclic) bond motifs is 3. The molecular formula is C32H31N3O6S2. The summed E-state index contributed by atoms with van der Waals surface area (Å²) in [7, 11) is -3.72. The highest BCUT2D eigenvalue weighted by Gasteiger charge is 2.59. The molecule has 43 heavy (non-hydrogen) atoms. The van der Waals surface area contributed by atoms with Crippen LogP contribution in [0.3, 0.4) is 0 Å². The van der Waals surface area contributed by atoms with Crippen molar-refractivity contribution in [2.24, 2.45) is 4.99 Å². The molecule has 2 aliphatic rings. The fourth-order valence-corrected chi connectivity index (χ4v) is 7.46. The second kappa shape index (κ2) is 11.9. The molecule has 3 heterocycles. The van der Waals surface area contributed by atoms with Crippen LogP contribution in [0.4, 0.5) is 5.69 Å². The SMILES string of the molecule is Cc1nc(CN2C(=O)[C@@]3(CCS(=O)(=O)c4ccccc4)N=C(c4ccc(OCCCO)cc4)O[C@H]3c3ccccc32)cs1. The molecule has 6 rings (SSSR count). The quantitative estimate of drug-likeness (QED) is 0.238. The summed E-state index contributed by atoms with van der Waals surface area (Å²) in [5.74, 6) is 0.272. The van der Waals surface area contributed by atoms with Gasteiger partial charge in [0.05, 0.1) is 40.2 Å². The van der Waals surface area contributed by atoms with Gasteiger partial charge in [-0.1, -0.05) is 36.4 Å². The molecule has 2 aliphatic heterocycles. The molecule has 222 valence electrons. The number of aliphatic hydroxyl groups excluding tert-OH is 1. The van der Waals surface area contributed by atoms with Crippen molar-refractivity contribution in [3.8, 4) is 5.75 Å². The van der Waals surface area contributed by atoms with Crippen LogP contribution in [0, 0.1) is 6.92 Å². The number of thiazole rings is 1. The number of benzene rings is 3. The topological polar surface area (TPSA) is 118 Å². The van der Waals surface area contributed by atoms with E-state index in [0.29, 0.717) is 30.0 Å².